The lowest BCUT2D eigenvalue weighted by molar-refractivity contribution is -0.127. The highest BCUT2D eigenvalue weighted by Gasteiger charge is 2.26. The van der Waals surface area contributed by atoms with Crippen LogP contribution in [-0.4, -0.2) is 174 Å². The number of carboxylic acid groups (broad SMARTS) is 1. The highest BCUT2D eigenvalue weighted by atomic mass is 35.5. The first-order valence-corrected chi connectivity index (χ1v) is 46.3. The number of hydrazone groups is 1. The Balaban J connectivity index is 0.000000125. The Morgan fingerprint density at radius 3 is 1.25 bits per heavy atom. The number of carbonyl (C=O) groups is 6. The zero-order valence-corrected chi connectivity index (χ0v) is 77.9. The number of ether oxygens (including phenoxy) is 4. The molecule has 8 aromatic heterocycles. The zero-order chi connectivity index (χ0) is 93.0. The average molecular weight is 1950 g/mol. The molecule has 3 saturated heterocycles. The second kappa shape index (κ2) is 42.8. The van der Waals surface area contributed by atoms with E-state index in [9.17, 15) is 28.8 Å². The van der Waals surface area contributed by atoms with Gasteiger partial charge in [-0.2, -0.15) is 5.10 Å². The summed E-state index contributed by atoms with van der Waals surface area (Å²) < 4.78 is 30.1. The number of carboxylic acids is 1. The molecular formula is C102H85Cl8N13O11. The van der Waals surface area contributed by atoms with Crippen LogP contribution in [0.15, 0.2) is 248 Å². The van der Waals surface area contributed by atoms with Gasteiger partial charge >= 0.3 is 17.9 Å². The number of para-hydroxylation sites is 4. The molecule has 0 radical (unpaired) electrons. The molecule has 0 bridgehead atoms. The standard InChI is InChI=1S/C27H18Cl2N4O3.C26H23Cl2N3O3.C25H24Cl2N4O2.C24H20Cl2N2O3/c28-19-9-10-22(29)18(11-19)15-33-24-4-2-1-3-20(24)21-12-23(30-14-25(21)33)26(34)32-31-13-16-5-7-17(8-6-16)27(35)36;27-18-8-9-21(28)17(13-18)16-31-23-6-2-1-5-19(23)20-14-22(29-15-24(20)31)26(33)34-12-4-11-30-10-3-7-25(30)32;26-18-5-6-21(27)17(13-18)16-31-23-4-2-1-3-19(23)20-14-22(29-15-24(20)31)25(32)28-7-8-30-9-11-33-12-10-30;25-17-5-6-20(26)16(9-17)12-28-22-4-2-1-3-18(22)19-10-21(27-11-23(19)28)24(29)31-14-15-7-8-30-13-15/h1-14H,15H2,(H,32,34)(H,35,36);1-2,5-6,8-9,13-15H,3-4,7,10-12,16H2;1-6,13-15H,7-12,16H2,(H,28,32);1-6,9-11,15H,7-8,12-14H2/b31-13+;;;. The van der Waals surface area contributed by atoms with Crippen LogP contribution >= 0.6 is 92.8 Å². The number of carbonyl (C=O) groups excluding carboxylic acids is 5. The van der Waals surface area contributed by atoms with Crippen LogP contribution in [0.1, 0.15) is 106 Å². The quantitative estimate of drug-likeness (QED) is 0.0219. The number of esters is 2. The van der Waals surface area contributed by atoms with Gasteiger partial charge in [0, 0.05) is 190 Å². The van der Waals surface area contributed by atoms with Crippen LogP contribution < -0.4 is 10.7 Å². The zero-order valence-electron chi connectivity index (χ0n) is 71.9. The molecule has 0 aliphatic carbocycles. The Bertz CT molecular complexity index is 7380. The van der Waals surface area contributed by atoms with Crippen LogP contribution in [0.4, 0.5) is 0 Å². The maximum atomic E-state index is 12.8. The summed E-state index contributed by atoms with van der Waals surface area (Å²) in [5.41, 5.74) is 15.8. The molecule has 20 rings (SSSR count). The van der Waals surface area contributed by atoms with Gasteiger partial charge in [0.2, 0.25) is 5.91 Å². The summed E-state index contributed by atoms with van der Waals surface area (Å²) in [6, 6.07) is 67.1. The summed E-state index contributed by atoms with van der Waals surface area (Å²) in [6.45, 7) is 10.1. The van der Waals surface area contributed by atoms with Gasteiger partial charge < -0.3 is 52.5 Å². The van der Waals surface area contributed by atoms with Gasteiger partial charge in [-0.15, -0.1) is 0 Å². The summed E-state index contributed by atoms with van der Waals surface area (Å²) in [5.74, 6) is -2.09. The number of hydrogen-bond acceptors (Lipinski definition) is 16. The van der Waals surface area contributed by atoms with Crippen molar-refractivity contribution in [1.29, 1.82) is 0 Å². The van der Waals surface area contributed by atoms with Gasteiger partial charge in [-0.05, 0) is 181 Å². The summed E-state index contributed by atoms with van der Waals surface area (Å²) in [6.07, 6.45) is 11.3. The first-order chi connectivity index (χ1) is 65.1. The number of benzene rings is 9. The molecule has 9 aromatic carbocycles. The molecule has 134 heavy (non-hydrogen) atoms. The third-order valence-electron chi connectivity index (χ3n) is 23.7. The van der Waals surface area contributed by atoms with Crippen molar-refractivity contribution in [2.24, 2.45) is 11.0 Å². The van der Waals surface area contributed by atoms with Crippen molar-refractivity contribution in [3.63, 3.8) is 0 Å². The van der Waals surface area contributed by atoms with Crippen molar-refractivity contribution in [3.8, 4) is 0 Å². The number of hydrogen-bond donors (Lipinski definition) is 3. The fraction of sp³-hybridized carbons (Fsp3) is 0.206. The molecule has 0 saturated carbocycles. The summed E-state index contributed by atoms with van der Waals surface area (Å²) in [7, 11) is 0. The van der Waals surface area contributed by atoms with Gasteiger partial charge in [0.15, 0.2) is 0 Å². The molecule has 11 heterocycles. The molecule has 0 spiro atoms. The molecule has 3 fully saturated rings. The van der Waals surface area contributed by atoms with Gasteiger partial charge in [0.05, 0.1) is 91.7 Å². The Labute approximate surface area is 808 Å². The normalized spacial score (nSPS) is 14.0. The number of pyridine rings is 4. The van der Waals surface area contributed by atoms with E-state index in [1.165, 1.54) is 18.3 Å². The molecular weight excluding hydrogens is 1870 g/mol. The van der Waals surface area contributed by atoms with E-state index in [4.69, 9.17) is 117 Å². The average Bonchev–Trinajstić information content (AvgIpc) is 1.62. The number of rotatable bonds is 24. The lowest BCUT2D eigenvalue weighted by atomic mass is 10.1. The maximum Gasteiger partial charge on any atom is 0.356 e. The van der Waals surface area contributed by atoms with Gasteiger partial charge in [0.25, 0.3) is 11.8 Å². The largest absolute Gasteiger partial charge is 0.478 e. The lowest BCUT2D eigenvalue weighted by Crippen LogP contribution is -2.41. The molecule has 1 atom stereocenters. The molecule has 680 valence electrons. The van der Waals surface area contributed by atoms with E-state index < -0.39 is 23.8 Å². The second-order valence-corrected chi connectivity index (χ2v) is 35.7. The van der Waals surface area contributed by atoms with Crippen LogP contribution in [0.3, 0.4) is 0 Å². The number of aromatic nitrogens is 8. The highest BCUT2D eigenvalue weighted by Crippen LogP contribution is 2.38. The third kappa shape index (κ3) is 21.6. The number of nitrogens with zero attached hydrogens (tertiary/aromatic N) is 11. The minimum absolute atomic E-state index is 0.167. The third-order valence-corrected chi connectivity index (χ3v) is 26.1. The summed E-state index contributed by atoms with van der Waals surface area (Å²) >= 11 is 50.5. The van der Waals surface area contributed by atoms with Crippen LogP contribution in [0, 0.1) is 5.92 Å². The van der Waals surface area contributed by atoms with E-state index in [2.05, 4.69) is 71.1 Å². The van der Waals surface area contributed by atoms with Crippen molar-refractivity contribution in [1.82, 2.24) is 58.7 Å². The lowest BCUT2D eigenvalue weighted by Gasteiger charge is -2.26. The maximum absolute atomic E-state index is 12.8. The first kappa shape index (κ1) is 93.3. The fourth-order valence-electron chi connectivity index (χ4n) is 16.9. The van der Waals surface area contributed by atoms with Crippen molar-refractivity contribution < 1.29 is 52.8 Å². The van der Waals surface area contributed by atoms with Crippen molar-refractivity contribution in [2.45, 2.75) is 51.9 Å². The molecule has 3 amide bonds. The summed E-state index contributed by atoms with van der Waals surface area (Å²) in [5, 5.41) is 28.8. The van der Waals surface area contributed by atoms with E-state index in [0.29, 0.717) is 122 Å². The number of morpholine rings is 1. The summed E-state index contributed by atoms with van der Waals surface area (Å²) in [4.78, 5) is 95.2. The van der Waals surface area contributed by atoms with E-state index in [1.807, 2.05) is 126 Å². The predicted octanol–water partition coefficient (Wildman–Crippen LogP) is 22.1. The van der Waals surface area contributed by atoms with Crippen LogP contribution in [-0.2, 0) is 49.9 Å². The van der Waals surface area contributed by atoms with Crippen LogP contribution in [0.2, 0.25) is 40.2 Å². The van der Waals surface area contributed by atoms with Gasteiger partial charge in [-0.25, -0.2) is 39.7 Å². The number of aromatic carboxylic acids is 1. The SMILES string of the molecule is O=C(NCCN1CCOCC1)c1cc2c3ccccc3n(Cc3cc(Cl)ccc3Cl)c2cn1.O=C(O)c1ccc(/C=N/NC(=O)c2cc3c4ccccc4n(Cc4cc(Cl)ccc4Cl)c3cn2)cc1.O=C(OCC1CCOC1)c1cc2c3ccccc3n(Cc3cc(Cl)ccc3Cl)c2cn1.O=C(OCCCN1CCCC1=O)c1cc2c3ccccc3n(Cc3cc(Cl)ccc3Cl)c2cn1. The Morgan fingerprint density at radius 2 is 0.843 bits per heavy atom. The number of amides is 3. The fourth-order valence-corrected chi connectivity index (χ4v) is 18.4. The molecule has 17 aromatic rings. The highest BCUT2D eigenvalue weighted by molar-refractivity contribution is 6.36. The van der Waals surface area contributed by atoms with Crippen LogP contribution in [0.5, 0.6) is 0 Å². The second-order valence-electron chi connectivity index (χ2n) is 32.3. The van der Waals surface area contributed by atoms with Crippen LogP contribution in [0.25, 0.3) is 87.2 Å². The van der Waals surface area contributed by atoms with Gasteiger partial charge in [0.1, 0.15) is 22.8 Å². The topological polar surface area (TPSA) is 274 Å². The number of fused-ring (bicyclic) bond motifs is 12. The molecule has 24 nitrogen and oxygen atoms in total. The van der Waals surface area contributed by atoms with E-state index in [-0.39, 0.29) is 41.3 Å². The first-order valence-electron chi connectivity index (χ1n) is 43.3. The van der Waals surface area contributed by atoms with Crippen molar-refractivity contribution in [3.05, 3.63) is 340 Å². The van der Waals surface area contributed by atoms with E-state index in [0.717, 1.165) is 168 Å². The number of likely N-dealkylation sites (tertiary alicyclic amines) is 1. The molecule has 32 heteroatoms. The molecule has 1 unspecified atom stereocenters. The monoisotopic (exact) mass is 1950 g/mol. The number of halogens is 8. The van der Waals surface area contributed by atoms with Gasteiger partial charge in [-0.3, -0.25) is 19.3 Å². The van der Waals surface area contributed by atoms with E-state index in [1.54, 1.807) is 97.6 Å². The predicted molar refractivity (Wildman–Crippen MR) is 529 cm³/mol. The van der Waals surface area contributed by atoms with Crippen molar-refractivity contribution >= 4 is 222 Å². The van der Waals surface area contributed by atoms with Crippen molar-refractivity contribution in [2.75, 3.05) is 78.9 Å². The molecule has 3 aliphatic heterocycles. The van der Waals surface area contributed by atoms with E-state index >= 15 is 0 Å². The Kier molecular flexibility index (Phi) is 29.8. The minimum Gasteiger partial charge on any atom is -0.478 e. The van der Waals surface area contributed by atoms with Gasteiger partial charge in [-0.1, -0.05) is 178 Å². The smallest absolute Gasteiger partial charge is 0.356 e. The molecule has 3 N–H and O–H groups in total. The Morgan fingerprint density at radius 1 is 0.440 bits per heavy atom. The minimum atomic E-state index is -1.01. The Hall–Kier alpha value is -12.5. The number of nitrogens with one attached hydrogen (secondary N) is 2. The molecule has 3 aliphatic rings.